The first-order valence-corrected chi connectivity index (χ1v) is 13.1. The minimum atomic E-state index is -4.55. The standard InChI is InChI=1S/C25H18F4N2O3S2/c26-17-4-1-15(2-5-17)22-13-16(25(27,28)29)3-7-19(22)20-9-11-34-23-14-18(6-8-21(20)23)36(32,33)31-24-30-10-12-35-24/h1-8,10,12-14,20H,9,11H2,(H,30,31)/t20-/m1/s1. The first-order valence-electron chi connectivity index (χ1n) is 10.8. The van der Waals surface area contributed by atoms with Crippen LogP contribution < -0.4 is 9.46 Å². The van der Waals surface area contributed by atoms with E-state index < -0.39 is 27.6 Å². The molecule has 0 fully saturated rings. The van der Waals surface area contributed by atoms with Gasteiger partial charge >= 0.3 is 6.18 Å². The Morgan fingerprint density at radius 2 is 1.75 bits per heavy atom. The normalized spacial score (nSPS) is 15.7. The summed E-state index contributed by atoms with van der Waals surface area (Å²) >= 11 is 1.14. The summed E-state index contributed by atoms with van der Waals surface area (Å²) in [5.74, 6) is -0.526. The van der Waals surface area contributed by atoms with Crippen molar-refractivity contribution in [2.45, 2.75) is 23.4 Å². The van der Waals surface area contributed by atoms with Gasteiger partial charge in [-0.3, -0.25) is 4.72 Å². The van der Waals surface area contributed by atoms with Crippen molar-refractivity contribution in [3.05, 3.63) is 94.7 Å². The molecule has 3 aromatic carbocycles. The Kier molecular flexibility index (Phi) is 6.21. The number of thiazole rings is 1. The number of hydrogen-bond acceptors (Lipinski definition) is 5. The Morgan fingerprint density at radius 1 is 1.00 bits per heavy atom. The van der Waals surface area contributed by atoms with Crippen LogP contribution in [-0.2, 0) is 16.2 Å². The molecule has 1 aliphatic rings. The number of hydrogen-bond donors (Lipinski definition) is 1. The Balaban J connectivity index is 1.57. The third kappa shape index (κ3) is 4.80. The second kappa shape index (κ2) is 9.21. The largest absolute Gasteiger partial charge is 0.493 e. The van der Waals surface area contributed by atoms with E-state index in [2.05, 4.69) is 9.71 Å². The average molecular weight is 535 g/mol. The van der Waals surface area contributed by atoms with Crippen LogP contribution in [0.4, 0.5) is 22.7 Å². The van der Waals surface area contributed by atoms with E-state index in [4.69, 9.17) is 4.74 Å². The summed E-state index contributed by atoms with van der Waals surface area (Å²) in [6.45, 7) is 0.241. The molecule has 0 radical (unpaired) electrons. The predicted octanol–water partition coefficient (Wildman–Crippen LogP) is 6.68. The molecule has 1 N–H and O–H groups in total. The van der Waals surface area contributed by atoms with Gasteiger partial charge in [0.2, 0.25) is 0 Å². The summed E-state index contributed by atoms with van der Waals surface area (Å²) in [6.07, 6.45) is -2.60. The van der Waals surface area contributed by atoms with Crippen molar-refractivity contribution in [1.29, 1.82) is 0 Å². The highest BCUT2D eigenvalue weighted by Crippen LogP contribution is 2.44. The van der Waals surface area contributed by atoms with Gasteiger partial charge in [0.1, 0.15) is 11.6 Å². The number of anilines is 1. The zero-order valence-electron chi connectivity index (χ0n) is 18.4. The van der Waals surface area contributed by atoms with Gasteiger partial charge < -0.3 is 4.74 Å². The summed E-state index contributed by atoms with van der Waals surface area (Å²) in [6, 6.07) is 13.2. The SMILES string of the molecule is O=S(=O)(Nc1nccs1)c1ccc2c(c1)OCC[C@@H]2c1ccc(C(F)(F)F)cc1-c1ccc(F)cc1. The summed E-state index contributed by atoms with van der Waals surface area (Å²) in [5.41, 5.74) is 1.21. The number of nitrogens with zero attached hydrogens (tertiary/aromatic N) is 1. The topological polar surface area (TPSA) is 68.3 Å². The third-order valence-corrected chi connectivity index (χ3v) is 8.05. The third-order valence-electron chi connectivity index (χ3n) is 5.90. The zero-order valence-corrected chi connectivity index (χ0v) is 20.1. The summed E-state index contributed by atoms with van der Waals surface area (Å²) in [4.78, 5) is 3.90. The Bertz CT molecular complexity index is 1500. The van der Waals surface area contributed by atoms with E-state index in [-0.39, 0.29) is 22.6 Å². The van der Waals surface area contributed by atoms with Crippen molar-refractivity contribution < 1.29 is 30.7 Å². The van der Waals surface area contributed by atoms with E-state index in [0.717, 1.165) is 23.5 Å². The Morgan fingerprint density at radius 3 is 2.44 bits per heavy atom. The minimum absolute atomic E-state index is 0.0247. The second-order valence-corrected chi connectivity index (χ2v) is 10.7. The number of benzene rings is 3. The van der Waals surface area contributed by atoms with Crippen molar-refractivity contribution in [3.63, 3.8) is 0 Å². The molecular formula is C25H18F4N2O3S2. The van der Waals surface area contributed by atoms with E-state index in [9.17, 15) is 26.0 Å². The smallest absolute Gasteiger partial charge is 0.416 e. The van der Waals surface area contributed by atoms with Gasteiger partial charge in [-0.1, -0.05) is 24.3 Å². The highest BCUT2D eigenvalue weighted by molar-refractivity contribution is 7.93. The molecule has 36 heavy (non-hydrogen) atoms. The van der Waals surface area contributed by atoms with E-state index in [1.54, 1.807) is 11.4 Å². The van der Waals surface area contributed by atoms with Crippen LogP contribution in [0.25, 0.3) is 11.1 Å². The molecule has 1 aromatic heterocycles. The molecule has 11 heteroatoms. The average Bonchev–Trinajstić information content (AvgIpc) is 3.35. The number of aromatic nitrogens is 1. The maximum Gasteiger partial charge on any atom is 0.416 e. The quantitative estimate of drug-likeness (QED) is 0.290. The lowest BCUT2D eigenvalue weighted by molar-refractivity contribution is -0.137. The van der Waals surface area contributed by atoms with Crippen LogP contribution in [0.1, 0.15) is 29.0 Å². The Labute approximate surface area is 208 Å². The van der Waals surface area contributed by atoms with Crippen LogP contribution in [0.3, 0.4) is 0 Å². The second-order valence-electron chi connectivity index (χ2n) is 8.14. The lowest BCUT2D eigenvalue weighted by atomic mass is 9.82. The van der Waals surface area contributed by atoms with Crippen molar-refractivity contribution >= 4 is 26.5 Å². The molecule has 5 rings (SSSR count). The minimum Gasteiger partial charge on any atom is -0.493 e. The maximum atomic E-state index is 13.5. The monoisotopic (exact) mass is 534 g/mol. The first-order chi connectivity index (χ1) is 17.1. The highest BCUT2D eigenvalue weighted by Gasteiger charge is 2.33. The fourth-order valence-corrected chi connectivity index (χ4v) is 6.03. The van der Waals surface area contributed by atoms with Crippen molar-refractivity contribution in [1.82, 2.24) is 4.98 Å². The van der Waals surface area contributed by atoms with Gasteiger partial charge in [-0.2, -0.15) is 13.2 Å². The van der Waals surface area contributed by atoms with E-state index in [1.807, 2.05) is 0 Å². The highest BCUT2D eigenvalue weighted by atomic mass is 32.2. The van der Waals surface area contributed by atoms with Gasteiger partial charge in [-0.05, 0) is 53.4 Å². The van der Waals surface area contributed by atoms with E-state index >= 15 is 0 Å². The molecule has 4 aromatic rings. The number of ether oxygens (including phenoxy) is 1. The number of rotatable bonds is 5. The molecule has 1 atom stereocenters. The molecule has 0 saturated heterocycles. The van der Waals surface area contributed by atoms with Gasteiger partial charge in [-0.25, -0.2) is 17.8 Å². The summed E-state index contributed by atoms with van der Waals surface area (Å²) in [5, 5.41) is 1.86. The molecule has 0 amide bonds. The number of fused-ring (bicyclic) bond motifs is 1. The fourth-order valence-electron chi connectivity index (χ4n) is 4.22. The molecule has 186 valence electrons. The summed E-state index contributed by atoms with van der Waals surface area (Å²) in [7, 11) is -3.92. The summed E-state index contributed by atoms with van der Waals surface area (Å²) < 4.78 is 87.8. The number of nitrogens with one attached hydrogen (secondary N) is 1. The molecule has 0 unspecified atom stereocenters. The molecule has 0 saturated carbocycles. The van der Waals surface area contributed by atoms with Crippen molar-refractivity contribution in [2.75, 3.05) is 11.3 Å². The van der Waals surface area contributed by atoms with Crippen LogP contribution >= 0.6 is 11.3 Å². The van der Waals surface area contributed by atoms with Gasteiger partial charge in [0.15, 0.2) is 5.13 Å². The maximum absolute atomic E-state index is 13.5. The fraction of sp³-hybridized carbons (Fsp3) is 0.160. The Hall–Kier alpha value is -3.44. The molecule has 0 spiro atoms. The molecular weight excluding hydrogens is 516 g/mol. The molecule has 0 bridgehead atoms. The molecule has 1 aliphatic heterocycles. The van der Waals surface area contributed by atoms with E-state index in [1.165, 1.54) is 48.7 Å². The number of sulfonamides is 1. The van der Waals surface area contributed by atoms with E-state index in [0.29, 0.717) is 34.4 Å². The predicted molar refractivity (Wildman–Crippen MR) is 128 cm³/mol. The lowest BCUT2D eigenvalue weighted by Crippen LogP contribution is -2.18. The number of alkyl halides is 3. The van der Waals surface area contributed by atoms with Crippen LogP contribution in [0, 0.1) is 5.82 Å². The zero-order chi connectivity index (χ0) is 25.5. The van der Waals surface area contributed by atoms with Crippen molar-refractivity contribution in [2.24, 2.45) is 0 Å². The first kappa shape index (κ1) is 24.3. The van der Waals surface area contributed by atoms with Crippen LogP contribution in [0.2, 0.25) is 0 Å². The molecule has 0 aliphatic carbocycles. The number of halogens is 4. The van der Waals surface area contributed by atoms with Crippen LogP contribution in [0.5, 0.6) is 5.75 Å². The van der Waals surface area contributed by atoms with Gasteiger partial charge in [-0.15, -0.1) is 11.3 Å². The van der Waals surface area contributed by atoms with Gasteiger partial charge in [0.05, 0.1) is 17.1 Å². The van der Waals surface area contributed by atoms with Gasteiger partial charge in [0.25, 0.3) is 10.0 Å². The van der Waals surface area contributed by atoms with Crippen molar-refractivity contribution in [3.8, 4) is 16.9 Å². The molecule has 2 heterocycles. The molecule has 5 nitrogen and oxygen atoms in total. The lowest BCUT2D eigenvalue weighted by Gasteiger charge is -2.29. The van der Waals surface area contributed by atoms with Gasteiger partial charge in [0, 0.05) is 29.1 Å². The van der Waals surface area contributed by atoms with Crippen LogP contribution in [-0.4, -0.2) is 20.0 Å². The van der Waals surface area contributed by atoms with Crippen LogP contribution in [0.15, 0.2) is 77.1 Å².